The minimum atomic E-state index is -0.0424. The summed E-state index contributed by atoms with van der Waals surface area (Å²) >= 11 is 7.74. The van der Waals surface area contributed by atoms with E-state index in [1.807, 2.05) is 6.92 Å². The summed E-state index contributed by atoms with van der Waals surface area (Å²) in [6.07, 6.45) is 2.80. The first kappa shape index (κ1) is 15.6. The van der Waals surface area contributed by atoms with Crippen molar-refractivity contribution < 1.29 is 9.59 Å². The Kier molecular flexibility index (Phi) is 9.62. The smallest absolute Gasteiger partial charge is 0.229 e. The van der Waals surface area contributed by atoms with E-state index in [2.05, 4.69) is 35.9 Å². The highest BCUT2D eigenvalue weighted by atomic mass is 32.1. The molecule has 0 radical (unpaired) electrons. The van der Waals surface area contributed by atoms with Crippen LogP contribution in [0, 0.1) is 0 Å². The quantitative estimate of drug-likeness (QED) is 0.384. The number of rotatable bonds is 8. The molecule has 0 aliphatic carbocycles. The normalized spacial score (nSPS) is 11.9. The van der Waals surface area contributed by atoms with Gasteiger partial charge in [0.05, 0.1) is 11.5 Å². The number of carbonyl (C=O) groups excluding carboxylic acids is 2. The highest BCUT2D eigenvalue weighted by Gasteiger charge is 2.05. The average Bonchev–Trinajstić information content (AvgIpc) is 2.27. The summed E-state index contributed by atoms with van der Waals surface area (Å²) in [7, 11) is 0. The number of thiol groups is 2. The van der Waals surface area contributed by atoms with Crippen molar-refractivity contribution in [2.24, 2.45) is 0 Å². The molecule has 6 heteroatoms. The van der Waals surface area contributed by atoms with Gasteiger partial charge in [-0.25, -0.2) is 0 Å². The molecular formula is C10H20N2O2S2. The molecule has 2 N–H and O–H groups in total. The molecule has 0 fully saturated rings. The first-order valence-corrected chi connectivity index (χ1v) is 6.64. The predicted octanol–water partition coefficient (Wildman–Crippen LogP) is 0.637. The molecule has 0 bridgehead atoms. The van der Waals surface area contributed by atoms with Crippen LogP contribution in [0.4, 0.5) is 0 Å². The summed E-state index contributed by atoms with van der Waals surface area (Å²) in [4.78, 5) is 21.8. The van der Waals surface area contributed by atoms with Crippen molar-refractivity contribution in [2.45, 2.75) is 32.2 Å². The Labute approximate surface area is 108 Å². The van der Waals surface area contributed by atoms with E-state index < -0.39 is 0 Å². The lowest BCUT2D eigenvalue weighted by Crippen LogP contribution is -2.33. The van der Waals surface area contributed by atoms with Gasteiger partial charge in [-0.05, 0) is 26.2 Å². The van der Waals surface area contributed by atoms with Crippen LogP contribution >= 0.6 is 25.3 Å². The van der Waals surface area contributed by atoms with Gasteiger partial charge in [-0.3, -0.25) is 9.59 Å². The Morgan fingerprint density at radius 2 is 1.75 bits per heavy atom. The Bertz CT molecular complexity index is 225. The van der Waals surface area contributed by atoms with E-state index in [1.165, 1.54) is 0 Å². The molecule has 0 aromatic rings. The minimum absolute atomic E-state index is 0.0419. The Morgan fingerprint density at radius 3 is 2.31 bits per heavy atom. The molecule has 16 heavy (non-hydrogen) atoms. The van der Waals surface area contributed by atoms with E-state index >= 15 is 0 Å². The molecule has 0 aliphatic rings. The maximum absolute atomic E-state index is 11.0. The summed E-state index contributed by atoms with van der Waals surface area (Å²) in [6, 6.07) is 0.167. The second-order valence-electron chi connectivity index (χ2n) is 3.63. The van der Waals surface area contributed by atoms with Gasteiger partial charge in [0.1, 0.15) is 0 Å². The predicted molar refractivity (Wildman–Crippen MR) is 72.2 cm³/mol. The van der Waals surface area contributed by atoms with Crippen LogP contribution in [0.1, 0.15) is 26.2 Å². The summed E-state index contributed by atoms with van der Waals surface area (Å²) < 4.78 is 0. The zero-order valence-corrected chi connectivity index (χ0v) is 11.3. The fourth-order valence-electron chi connectivity index (χ4n) is 1.25. The van der Waals surface area contributed by atoms with E-state index in [4.69, 9.17) is 0 Å². The number of hydrogen-bond donors (Lipinski definition) is 4. The molecular weight excluding hydrogens is 244 g/mol. The Morgan fingerprint density at radius 1 is 1.12 bits per heavy atom. The molecule has 4 nitrogen and oxygen atoms in total. The van der Waals surface area contributed by atoms with Crippen molar-refractivity contribution in [2.75, 3.05) is 18.1 Å². The summed E-state index contributed by atoms with van der Waals surface area (Å²) in [5.41, 5.74) is 0. The van der Waals surface area contributed by atoms with Crippen LogP contribution in [0.2, 0.25) is 0 Å². The third-order valence-electron chi connectivity index (χ3n) is 2.08. The molecule has 0 spiro atoms. The van der Waals surface area contributed by atoms with Gasteiger partial charge in [0.2, 0.25) is 11.8 Å². The maximum Gasteiger partial charge on any atom is 0.229 e. The van der Waals surface area contributed by atoms with Gasteiger partial charge in [-0.15, -0.1) is 0 Å². The fourth-order valence-corrected chi connectivity index (χ4v) is 1.45. The SMILES string of the molecule is CC(CCCCNC(=O)CS)NC(=O)CS. The van der Waals surface area contributed by atoms with Gasteiger partial charge in [0.25, 0.3) is 0 Å². The lowest BCUT2D eigenvalue weighted by molar-refractivity contribution is -0.119. The maximum atomic E-state index is 11.0. The monoisotopic (exact) mass is 264 g/mol. The van der Waals surface area contributed by atoms with Crippen LogP contribution < -0.4 is 10.6 Å². The third-order valence-corrected chi connectivity index (χ3v) is 2.66. The number of amides is 2. The van der Waals surface area contributed by atoms with Crippen molar-refractivity contribution in [1.29, 1.82) is 0 Å². The van der Waals surface area contributed by atoms with E-state index in [0.717, 1.165) is 19.3 Å². The van der Waals surface area contributed by atoms with Crippen molar-refractivity contribution in [3.63, 3.8) is 0 Å². The van der Waals surface area contributed by atoms with E-state index in [0.29, 0.717) is 6.54 Å². The number of unbranched alkanes of at least 4 members (excludes halogenated alkanes) is 1. The molecule has 0 saturated heterocycles. The van der Waals surface area contributed by atoms with Crippen LogP contribution in [0.3, 0.4) is 0 Å². The van der Waals surface area contributed by atoms with E-state index in [1.54, 1.807) is 0 Å². The zero-order valence-electron chi connectivity index (χ0n) is 9.53. The largest absolute Gasteiger partial charge is 0.355 e. The third kappa shape index (κ3) is 8.91. The molecule has 94 valence electrons. The van der Waals surface area contributed by atoms with Crippen LogP contribution in [-0.4, -0.2) is 35.9 Å². The van der Waals surface area contributed by atoms with Gasteiger partial charge < -0.3 is 10.6 Å². The lowest BCUT2D eigenvalue weighted by Gasteiger charge is -2.12. The molecule has 0 aromatic heterocycles. The van der Waals surface area contributed by atoms with Crippen LogP contribution in [0.25, 0.3) is 0 Å². The minimum Gasteiger partial charge on any atom is -0.355 e. The second-order valence-corrected chi connectivity index (χ2v) is 4.26. The average molecular weight is 264 g/mol. The molecule has 0 rings (SSSR count). The van der Waals surface area contributed by atoms with Crippen molar-refractivity contribution >= 4 is 37.1 Å². The van der Waals surface area contributed by atoms with Crippen molar-refractivity contribution in [3.05, 3.63) is 0 Å². The Hall–Kier alpha value is -0.360. The van der Waals surface area contributed by atoms with Crippen molar-refractivity contribution in [3.8, 4) is 0 Å². The van der Waals surface area contributed by atoms with E-state index in [9.17, 15) is 9.59 Å². The van der Waals surface area contributed by atoms with Crippen LogP contribution in [-0.2, 0) is 9.59 Å². The second kappa shape index (κ2) is 9.84. The molecule has 0 aromatic carbocycles. The van der Waals surface area contributed by atoms with E-state index in [-0.39, 0.29) is 29.4 Å². The van der Waals surface area contributed by atoms with Gasteiger partial charge in [-0.2, -0.15) is 25.3 Å². The van der Waals surface area contributed by atoms with Crippen LogP contribution in [0.15, 0.2) is 0 Å². The number of carbonyl (C=O) groups is 2. The highest BCUT2D eigenvalue weighted by molar-refractivity contribution is 7.81. The fraction of sp³-hybridized carbons (Fsp3) is 0.800. The molecule has 1 unspecified atom stereocenters. The highest BCUT2D eigenvalue weighted by Crippen LogP contribution is 1.99. The van der Waals surface area contributed by atoms with Gasteiger partial charge in [0, 0.05) is 12.6 Å². The Balaban J connectivity index is 3.37. The van der Waals surface area contributed by atoms with Crippen molar-refractivity contribution in [1.82, 2.24) is 10.6 Å². The summed E-state index contributed by atoms with van der Waals surface area (Å²) in [6.45, 7) is 2.64. The standard InChI is InChI=1S/C10H20N2O2S2/c1-8(12-10(14)7-16)4-2-3-5-11-9(13)6-15/h8,15-16H,2-7H2,1H3,(H,11,13)(H,12,14). The molecule has 0 saturated carbocycles. The van der Waals surface area contributed by atoms with Crippen LogP contribution in [0.5, 0.6) is 0 Å². The number of hydrogen-bond acceptors (Lipinski definition) is 4. The molecule has 0 heterocycles. The molecule has 2 amide bonds. The molecule has 1 atom stereocenters. The molecule has 0 aliphatic heterocycles. The lowest BCUT2D eigenvalue weighted by atomic mass is 10.1. The first-order valence-electron chi connectivity index (χ1n) is 5.38. The van der Waals surface area contributed by atoms with Gasteiger partial charge in [0.15, 0.2) is 0 Å². The first-order chi connectivity index (χ1) is 7.60. The summed E-state index contributed by atoms with van der Waals surface area (Å²) in [5, 5.41) is 5.57. The summed E-state index contributed by atoms with van der Waals surface area (Å²) in [5.74, 6) is 0.371. The number of nitrogens with one attached hydrogen (secondary N) is 2. The zero-order chi connectivity index (χ0) is 12.4. The van der Waals surface area contributed by atoms with Gasteiger partial charge in [-0.1, -0.05) is 0 Å². The van der Waals surface area contributed by atoms with Gasteiger partial charge >= 0.3 is 0 Å². The topological polar surface area (TPSA) is 58.2 Å².